The highest BCUT2D eigenvalue weighted by Crippen LogP contribution is 2.32. The fourth-order valence-corrected chi connectivity index (χ4v) is 3.31. The highest BCUT2D eigenvalue weighted by atomic mass is 16.5. The number of hydrogen-bond acceptors (Lipinski definition) is 3. The van der Waals surface area contributed by atoms with Crippen LogP contribution < -0.4 is 5.32 Å². The summed E-state index contributed by atoms with van der Waals surface area (Å²) in [4.78, 5) is 14.0. The molecule has 0 bridgehead atoms. The third-order valence-corrected chi connectivity index (χ3v) is 4.32. The lowest BCUT2D eigenvalue weighted by Crippen LogP contribution is -2.27. The topological polar surface area (TPSA) is 41.6 Å². The van der Waals surface area contributed by atoms with Crippen LogP contribution in [0, 0.1) is 0 Å². The minimum atomic E-state index is -0.377. The van der Waals surface area contributed by atoms with E-state index in [1.807, 2.05) is 13.0 Å². The Hall–Kier alpha value is -1.55. The molecule has 1 N–H and O–H groups in total. The predicted octanol–water partition coefficient (Wildman–Crippen LogP) is 3.51. The van der Waals surface area contributed by atoms with Gasteiger partial charge in [0.15, 0.2) is 0 Å². The summed E-state index contributed by atoms with van der Waals surface area (Å²) in [6, 6.07) is 6.94. The maximum absolute atomic E-state index is 11.4. The van der Waals surface area contributed by atoms with Crippen molar-refractivity contribution < 1.29 is 9.53 Å². The summed E-state index contributed by atoms with van der Waals surface area (Å²) in [6.07, 6.45) is 5.03. The molecule has 1 heterocycles. The number of carbonyl (C=O) groups is 1. The molecule has 0 unspecified atom stereocenters. The summed E-state index contributed by atoms with van der Waals surface area (Å²) in [6.45, 7) is 4.27. The quantitative estimate of drug-likeness (QED) is 0.917. The van der Waals surface area contributed by atoms with E-state index in [9.17, 15) is 4.79 Å². The second-order valence-corrected chi connectivity index (χ2v) is 5.67. The average molecular weight is 274 g/mol. The summed E-state index contributed by atoms with van der Waals surface area (Å²) in [5.74, 6) is 0. The van der Waals surface area contributed by atoms with Crippen molar-refractivity contribution in [3.63, 3.8) is 0 Å². The number of nitrogens with zero attached hydrogens (tertiary/aromatic N) is 1. The molecule has 0 aromatic heterocycles. The van der Waals surface area contributed by atoms with Gasteiger partial charge in [-0.05, 0) is 43.0 Å². The van der Waals surface area contributed by atoms with Gasteiger partial charge < -0.3 is 4.74 Å². The van der Waals surface area contributed by atoms with Gasteiger partial charge in [0.2, 0.25) is 0 Å². The zero-order valence-corrected chi connectivity index (χ0v) is 12.0. The van der Waals surface area contributed by atoms with Crippen LogP contribution in [0.2, 0.25) is 0 Å². The van der Waals surface area contributed by atoms with Crippen molar-refractivity contribution in [2.45, 2.75) is 51.7 Å². The lowest BCUT2D eigenvalue weighted by atomic mass is 10.1. The van der Waals surface area contributed by atoms with Crippen molar-refractivity contribution in [2.24, 2.45) is 0 Å². The van der Waals surface area contributed by atoms with Gasteiger partial charge in [-0.3, -0.25) is 10.2 Å². The van der Waals surface area contributed by atoms with E-state index in [4.69, 9.17) is 4.74 Å². The minimum absolute atomic E-state index is 0.377. The zero-order valence-electron chi connectivity index (χ0n) is 12.0. The third-order valence-electron chi connectivity index (χ3n) is 4.32. The van der Waals surface area contributed by atoms with Crippen LogP contribution in [-0.2, 0) is 17.8 Å². The maximum atomic E-state index is 11.4. The molecule has 0 radical (unpaired) electrons. The predicted molar refractivity (Wildman–Crippen MR) is 78.6 cm³/mol. The Balaban J connectivity index is 1.66. The van der Waals surface area contributed by atoms with Crippen molar-refractivity contribution in [2.75, 3.05) is 11.9 Å². The Bertz CT molecular complexity index is 495. The normalized spacial score (nSPS) is 19.1. The number of carbonyl (C=O) groups excluding carboxylic acids is 1. The van der Waals surface area contributed by atoms with E-state index < -0.39 is 0 Å². The molecule has 4 nitrogen and oxygen atoms in total. The summed E-state index contributed by atoms with van der Waals surface area (Å²) < 4.78 is 4.91. The fourth-order valence-electron chi connectivity index (χ4n) is 3.31. The van der Waals surface area contributed by atoms with Crippen LogP contribution in [0.15, 0.2) is 18.2 Å². The Kier molecular flexibility index (Phi) is 3.92. The first kappa shape index (κ1) is 13.4. The van der Waals surface area contributed by atoms with Crippen molar-refractivity contribution >= 4 is 11.8 Å². The van der Waals surface area contributed by atoms with Gasteiger partial charge in [0.05, 0.1) is 6.61 Å². The van der Waals surface area contributed by atoms with Crippen LogP contribution in [0.5, 0.6) is 0 Å². The number of rotatable bonds is 3. The number of hydrogen-bond donors (Lipinski definition) is 1. The fraction of sp³-hybridized carbons (Fsp3) is 0.562. The number of nitrogens with one attached hydrogen (secondary N) is 1. The SMILES string of the molecule is CCOC(=O)Nc1ccc2c(c1)CN(C1CCCC1)C2. The molecule has 0 saturated heterocycles. The molecule has 1 fully saturated rings. The number of benzene rings is 1. The van der Waals surface area contributed by atoms with E-state index in [1.54, 1.807) is 0 Å². The molecule has 20 heavy (non-hydrogen) atoms. The van der Waals surface area contributed by atoms with Gasteiger partial charge in [0, 0.05) is 24.8 Å². The van der Waals surface area contributed by atoms with Crippen LogP contribution in [0.4, 0.5) is 10.5 Å². The van der Waals surface area contributed by atoms with E-state index in [-0.39, 0.29) is 6.09 Å². The van der Waals surface area contributed by atoms with Crippen LogP contribution in [-0.4, -0.2) is 23.6 Å². The second kappa shape index (κ2) is 5.83. The molecule has 4 heteroatoms. The van der Waals surface area contributed by atoms with E-state index >= 15 is 0 Å². The largest absolute Gasteiger partial charge is 0.450 e. The minimum Gasteiger partial charge on any atom is -0.450 e. The van der Waals surface area contributed by atoms with Crippen molar-refractivity contribution in [3.8, 4) is 0 Å². The molecule has 3 rings (SSSR count). The van der Waals surface area contributed by atoms with Crippen LogP contribution in [0.25, 0.3) is 0 Å². The van der Waals surface area contributed by atoms with E-state index in [0.29, 0.717) is 6.61 Å². The molecule has 1 amide bonds. The Morgan fingerprint density at radius 2 is 2.05 bits per heavy atom. The van der Waals surface area contributed by atoms with Gasteiger partial charge in [-0.25, -0.2) is 4.79 Å². The lowest BCUT2D eigenvalue weighted by Gasteiger charge is -2.22. The molecule has 0 atom stereocenters. The van der Waals surface area contributed by atoms with Gasteiger partial charge in [0.25, 0.3) is 0 Å². The highest BCUT2D eigenvalue weighted by Gasteiger charge is 2.28. The van der Waals surface area contributed by atoms with Gasteiger partial charge in [-0.2, -0.15) is 0 Å². The number of fused-ring (bicyclic) bond motifs is 1. The van der Waals surface area contributed by atoms with Crippen molar-refractivity contribution in [1.82, 2.24) is 4.90 Å². The van der Waals surface area contributed by atoms with Crippen molar-refractivity contribution in [3.05, 3.63) is 29.3 Å². The molecule has 0 spiro atoms. The molecular formula is C16H22N2O2. The summed E-state index contributed by atoms with van der Waals surface area (Å²) >= 11 is 0. The number of ether oxygens (including phenoxy) is 1. The lowest BCUT2D eigenvalue weighted by molar-refractivity contribution is 0.168. The molecule has 2 aliphatic rings. The second-order valence-electron chi connectivity index (χ2n) is 5.67. The Morgan fingerprint density at radius 3 is 2.80 bits per heavy atom. The molecule has 1 aromatic rings. The summed E-state index contributed by atoms with van der Waals surface area (Å²) in [7, 11) is 0. The monoisotopic (exact) mass is 274 g/mol. The third kappa shape index (κ3) is 2.80. The van der Waals surface area contributed by atoms with Gasteiger partial charge in [0.1, 0.15) is 0 Å². The molecule has 1 aliphatic carbocycles. The number of amides is 1. The number of anilines is 1. The zero-order chi connectivity index (χ0) is 13.9. The molecule has 1 aliphatic heterocycles. The highest BCUT2D eigenvalue weighted by molar-refractivity contribution is 5.84. The summed E-state index contributed by atoms with van der Waals surface area (Å²) in [5.41, 5.74) is 3.56. The molecule has 1 aromatic carbocycles. The van der Waals surface area contributed by atoms with Crippen LogP contribution in [0.3, 0.4) is 0 Å². The first-order valence-corrected chi connectivity index (χ1v) is 7.56. The maximum Gasteiger partial charge on any atom is 0.411 e. The van der Waals surface area contributed by atoms with E-state index in [0.717, 1.165) is 24.8 Å². The van der Waals surface area contributed by atoms with Crippen LogP contribution in [0.1, 0.15) is 43.7 Å². The average Bonchev–Trinajstić information content (AvgIpc) is 3.07. The molecular weight excluding hydrogens is 252 g/mol. The van der Waals surface area contributed by atoms with Gasteiger partial charge >= 0.3 is 6.09 Å². The van der Waals surface area contributed by atoms with Gasteiger partial charge in [-0.15, -0.1) is 0 Å². The standard InChI is InChI=1S/C16H22N2O2/c1-2-20-16(19)17-14-8-7-12-10-18(11-13(12)9-14)15-5-3-4-6-15/h7-9,15H,2-6,10-11H2,1H3,(H,17,19). The molecule has 1 saturated carbocycles. The summed E-state index contributed by atoms with van der Waals surface area (Å²) in [5, 5.41) is 2.78. The molecule has 108 valence electrons. The van der Waals surface area contributed by atoms with Crippen LogP contribution >= 0.6 is 0 Å². The Morgan fingerprint density at radius 1 is 1.30 bits per heavy atom. The Labute approximate surface area is 120 Å². The van der Waals surface area contributed by atoms with Crippen molar-refractivity contribution in [1.29, 1.82) is 0 Å². The van der Waals surface area contributed by atoms with Gasteiger partial charge in [-0.1, -0.05) is 18.9 Å². The smallest absolute Gasteiger partial charge is 0.411 e. The van der Waals surface area contributed by atoms with E-state index in [1.165, 1.54) is 36.8 Å². The first-order chi connectivity index (χ1) is 9.76. The first-order valence-electron chi connectivity index (χ1n) is 7.56. The van der Waals surface area contributed by atoms with E-state index in [2.05, 4.69) is 22.3 Å².